The average Bonchev–Trinajstić information content (AvgIpc) is 2.36. The van der Waals surface area contributed by atoms with Crippen LogP contribution in [0.4, 0.5) is 0 Å². The monoisotopic (exact) mass is 257 g/mol. The normalized spacial score (nSPS) is 23.1. The molecule has 2 N–H and O–H groups in total. The third-order valence-electron chi connectivity index (χ3n) is 3.51. The van der Waals surface area contributed by atoms with Gasteiger partial charge in [-0.2, -0.15) is 0 Å². The highest BCUT2D eigenvalue weighted by Crippen LogP contribution is 2.15. The largest absolute Gasteiger partial charge is 0.383 e. The van der Waals surface area contributed by atoms with Gasteiger partial charge in [-0.1, -0.05) is 13.3 Å². The second-order valence-corrected chi connectivity index (χ2v) is 5.04. The summed E-state index contributed by atoms with van der Waals surface area (Å²) in [6.45, 7) is 8.15. The quantitative estimate of drug-likeness (QED) is 0.743. The lowest BCUT2D eigenvalue weighted by Crippen LogP contribution is -2.57. The van der Waals surface area contributed by atoms with Gasteiger partial charge in [0.05, 0.1) is 12.6 Å². The summed E-state index contributed by atoms with van der Waals surface area (Å²) in [7, 11) is 1.73. The maximum Gasteiger partial charge on any atom is 0.239 e. The highest BCUT2D eigenvalue weighted by atomic mass is 16.5. The predicted octanol–water partition coefficient (Wildman–Crippen LogP) is 0.293. The van der Waals surface area contributed by atoms with E-state index >= 15 is 0 Å². The highest BCUT2D eigenvalue weighted by molar-refractivity contribution is 5.81. The molecule has 1 rings (SSSR count). The zero-order valence-corrected chi connectivity index (χ0v) is 11.9. The fourth-order valence-corrected chi connectivity index (χ4v) is 2.49. The van der Waals surface area contributed by atoms with Gasteiger partial charge in [-0.25, -0.2) is 0 Å². The van der Waals surface area contributed by atoms with Crippen molar-refractivity contribution in [1.29, 1.82) is 0 Å². The number of carbonyl (C=O) groups is 1. The van der Waals surface area contributed by atoms with E-state index in [1.807, 2.05) is 4.90 Å². The molecule has 1 aliphatic heterocycles. The summed E-state index contributed by atoms with van der Waals surface area (Å²) in [5.41, 5.74) is 5.68. The van der Waals surface area contributed by atoms with Gasteiger partial charge in [0.1, 0.15) is 0 Å². The molecule has 0 aromatic rings. The number of nitrogens with two attached hydrogens (primary N) is 1. The van der Waals surface area contributed by atoms with Crippen LogP contribution >= 0.6 is 0 Å². The molecular formula is C13H27N3O2. The van der Waals surface area contributed by atoms with Crippen LogP contribution in [0.15, 0.2) is 0 Å². The first-order valence-electron chi connectivity index (χ1n) is 6.87. The maximum absolute atomic E-state index is 11.9. The SMILES string of the molecule is CCC[C@H]1CN(C(=O)[C@@H](C)N)CCN1CCOC. The van der Waals surface area contributed by atoms with E-state index in [4.69, 9.17) is 10.5 Å². The van der Waals surface area contributed by atoms with E-state index in [-0.39, 0.29) is 5.91 Å². The lowest BCUT2D eigenvalue weighted by Gasteiger charge is -2.42. The summed E-state index contributed by atoms with van der Waals surface area (Å²) in [6.07, 6.45) is 2.25. The summed E-state index contributed by atoms with van der Waals surface area (Å²) in [5.74, 6) is 0.0718. The molecule has 0 unspecified atom stereocenters. The van der Waals surface area contributed by atoms with Gasteiger partial charge in [-0.05, 0) is 13.3 Å². The number of methoxy groups -OCH3 is 1. The average molecular weight is 257 g/mol. The summed E-state index contributed by atoms with van der Waals surface area (Å²) in [5, 5.41) is 0. The Morgan fingerprint density at radius 1 is 1.50 bits per heavy atom. The summed E-state index contributed by atoms with van der Waals surface area (Å²) >= 11 is 0. The van der Waals surface area contributed by atoms with E-state index in [1.165, 1.54) is 0 Å². The van der Waals surface area contributed by atoms with Gasteiger partial charge in [0.15, 0.2) is 0 Å². The maximum atomic E-state index is 11.9. The molecule has 0 aromatic carbocycles. The third kappa shape index (κ3) is 4.23. The molecule has 0 saturated carbocycles. The number of amides is 1. The number of hydrogen-bond donors (Lipinski definition) is 1. The standard InChI is InChI=1S/C13H27N3O2/c1-4-5-12-10-16(13(17)11(2)14)7-6-15(12)8-9-18-3/h11-12H,4-10,14H2,1-3H3/t11-,12+/m1/s1. The first-order chi connectivity index (χ1) is 8.60. The number of ether oxygens (including phenoxy) is 1. The minimum absolute atomic E-state index is 0.0718. The number of rotatable bonds is 6. The molecule has 5 nitrogen and oxygen atoms in total. The lowest BCUT2D eigenvalue weighted by atomic mass is 10.1. The minimum Gasteiger partial charge on any atom is -0.383 e. The Bertz CT molecular complexity index is 259. The van der Waals surface area contributed by atoms with Crippen LogP contribution in [0.2, 0.25) is 0 Å². The molecule has 1 heterocycles. The minimum atomic E-state index is -0.391. The molecule has 18 heavy (non-hydrogen) atoms. The molecule has 0 aromatic heterocycles. The zero-order chi connectivity index (χ0) is 13.5. The zero-order valence-electron chi connectivity index (χ0n) is 11.9. The van der Waals surface area contributed by atoms with Gasteiger partial charge in [0, 0.05) is 39.3 Å². The molecule has 1 aliphatic rings. The molecule has 1 amide bonds. The number of nitrogens with zero attached hydrogens (tertiary/aromatic N) is 2. The van der Waals surface area contributed by atoms with E-state index in [2.05, 4.69) is 11.8 Å². The van der Waals surface area contributed by atoms with Crippen molar-refractivity contribution in [3.8, 4) is 0 Å². The van der Waals surface area contributed by atoms with Crippen molar-refractivity contribution < 1.29 is 9.53 Å². The molecule has 0 bridgehead atoms. The van der Waals surface area contributed by atoms with Crippen molar-refractivity contribution >= 4 is 5.91 Å². The fraction of sp³-hybridized carbons (Fsp3) is 0.923. The van der Waals surface area contributed by atoms with E-state index in [0.717, 1.165) is 45.6 Å². The Hall–Kier alpha value is -0.650. The first-order valence-corrected chi connectivity index (χ1v) is 6.87. The van der Waals surface area contributed by atoms with Gasteiger partial charge >= 0.3 is 0 Å². The van der Waals surface area contributed by atoms with Crippen LogP contribution in [0.1, 0.15) is 26.7 Å². The molecule has 0 aliphatic carbocycles. The summed E-state index contributed by atoms with van der Waals surface area (Å²) < 4.78 is 5.14. The first kappa shape index (κ1) is 15.4. The van der Waals surface area contributed by atoms with Crippen molar-refractivity contribution in [3.05, 3.63) is 0 Å². The van der Waals surface area contributed by atoms with Gasteiger partial charge in [0.2, 0.25) is 5.91 Å². The third-order valence-corrected chi connectivity index (χ3v) is 3.51. The predicted molar refractivity (Wildman–Crippen MR) is 72.4 cm³/mol. The summed E-state index contributed by atoms with van der Waals surface area (Å²) in [4.78, 5) is 16.3. The van der Waals surface area contributed by atoms with Crippen molar-refractivity contribution in [2.24, 2.45) is 5.73 Å². The Kier molecular flexibility index (Phi) is 6.60. The Labute approximate surface area is 110 Å². The smallest absolute Gasteiger partial charge is 0.239 e. The van der Waals surface area contributed by atoms with Crippen LogP contribution in [0.25, 0.3) is 0 Å². The number of hydrogen-bond acceptors (Lipinski definition) is 4. The van der Waals surface area contributed by atoms with Crippen LogP contribution in [-0.2, 0) is 9.53 Å². The second kappa shape index (κ2) is 7.71. The topological polar surface area (TPSA) is 58.8 Å². The van der Waals surface area contributed by atoms with Crippen molar-refractivity contribution in [1.82, 2.24) is 9.80 Å². The van der Waals surface area contributed by atoms with Crippen LogP contribution in [0.3, 0.4) is 0 Å². The number of carbonyl (C=O) groups excluding carboxylic acids is 1. The van der Waals surface area contributed by atoms with Crippen LogP contribution in [0, 0.1) is 0 Å². The Morgan fingerprint density at radius 3 is 2.78 bits per heavy atom. The van der Waals surface area contributed by atoms with E-state index in [0.29, 0.717) is 6.04 Å². The summed E-state index contributed by atoms with van der Waals surface area (Å²) in [6, 6.07) is 0.0550. The van der Waals surface area contributed by atoms with Crippen molar-refractivity contribution in [3.63, 3.8) is 0 Å². The van der Waals surface area contributed by atoms with E-state index in [1.54, 1.807) is 14.0 Å². The fourth-order valence-electron chi connectivity index (χ4n) is 2.49. The van der Waals surface area contributed by atoms with Crippen LogP contribution < -0.4 is 5.73 Å². The molecule has 106 valence electrons. The van der Waals surface area contributed by atoms with Gasteiger partial charge in [0.25, 0.3) is 0 Å². The van der Waals surface area contributed by atoms with Crippen molar-refractivity contribution in [2.75, 3.05) is 39.9 Å². The van der Waals surface area contributed by atoms with E-state index in [9.17, 15) is 4.79 Å². The highest BCUT2D eigenvalue weighted by Gasteiger charge is 2.29. The van der Waals surface area contributed by atoms with Crippen LogP contribution in [-0.4, -0.2) is 67.7 Å². The molecule has 2 atom stereocenters. The van der Waals surface area contributed by atoms with Crippen LogP contribution in [0.5, 0.6) is 0 Å². The molecule has 0 spiro atoms. The molecule has 1 saturated heterocycles. The van der Waals surface area contributed by atoms with Gasteiger partial charge in [-0.3, -0.25) is 9.69 Å². The second-order valence-electron chi connectivity index (χ2n) is 5.04. The van der Waals surface area contributed by atoms with Gasteiger partial charge < -0.3 is 15.4 Å². The Morgan fingerprint density at radius 2 is 2.22 bits per heavy atom. The lowest BCUT2D eigenvalue weighted by molar-refractivity contribution is -0.135. The molecule has 5 heteroatoms. The Balaban J connectivity index is 2.55. The van der Waals surface area contributed by atoms with Crippen molar-refractivity contribution in [2.45, 2.75) is 38.8 Å². The molecule has 1 fully saturated rings. The molecule has 0 radical (unpaired) electrons. The van der Waals surface area contributed by atoms with E-state index < -0.39 is 6.04 Å². The number of piperazine rings is 1. The molecular weight excluding hydrogens is 230 g/mol. The van der Waals surface area contributed by atoms with Gasteiger partial charge in [-0.15, -0.1) is 0 Å².